The fourth-order valence-electron chi connectivity index (χ4n) is 3.28. The first-order valence-corrected chi connectivity index (χ1v) is 12.6. The van der Waals surface area contributed by atoms with E-state index in [0.717, 1.165) is 17.2 Å². The minimum atomic E-state index is -2.68. The second-order valence-electron chi connectivity index (χ2n) is 6.83. The molecule has 0 saturated heterocycles. The molecule has 0 saturated carbocycles. The van der Waals surface area contributed by atoms with E-state index in [1.165, 1.54) is 0 Å². The van der Waals surface area contributed by atoms with Crippen molar-refractivity contribution in [1.82, 2.24) is 0 Å². The number of Topliss-reactive ketones (excluding diaryl/α,β-unsaturated/α-hetero) is 1. The van der Waals surface area contributed by atoms with Gasteiger partial charge in [-0.3, -0.25) is 9.59 Å². The van der Waals surface area contributed by atoms with Crippen molar-refractivity contribution in [3.63, 3.8) is 0 Å². The lowest BCUT2D eigenvalue weighted by Crippen LogP contribution is -2.45. The molecule has 6 nitrogen and oxygen atoms in total. The third-order valence-corrected chi connectivity index (χ3v) is 7.79. The molecule has 30 heavy (non-hydrogen) atoms. The molecule has 0 aliphatic rings. The highest BCUT2D eigenvalue weighted by Crippen LogP contribution is 2.20. The van der Waals surface area contributed by atoms with Gasteiger partial charge in [-0.1, -0.05) is 36.4 Å². The smallest absolute Gasteiger partial charge is 0.457 e. The Bertz CT molecular complexity index is 805. The van der Waals surface area contributed by atoms with Gasteiger partial charge in [0, 0.05) is 37.8 Å². The number of carbonyl (C=O) groups excluding carboxylic acids is 2. The molecular formula is C23H32O6Si. The van der Waals surface area contributed by atoms with Crippen LogP contribution in [0.4, 0.5) is 0 Å². The van der Waals surface area contributed by atoms with Gasteiger partial charge < -0.3 is 18.0 Å². The van der Waals surface area contributed by atoms with Crippen molar-refractivity contribution >= 4 is 31.3 Å². The maximum atomic E-state index is 12.3. The quantitative estimate of drug-likeness (QED) is 0.185. The van der Waals surface area contributed by atoms with Gasteiger partial charge in [0.25, 0.3) is 0 Å². The SMILES string of the molecule is CCO[Si](CCCCC(=O)OCC(=O)c1ccc2ccccc2c1)(OCC)OCC. The summed E-state index contributed by atoms with van der Waals surface area (Å²) >= 11 is 0. The Labute approximate surface area is 179 Å². The minimum Gasteiger partial charge on any atom is -0.457 e. The number of benzene rings is 2. The Morgan fingerprint density at radius 3 is 2.10 bits per heavy atom. The Morgan fingerprint density at radius 1 is 0.833 bits per heavy atom. The Balaban J connectivity index is 1.76. The number of rotatable bonds is 14. The molecule has 0 bridgehead atoms. The molecule has 0 unspecified atom stereocenters. The third kappa shape index (κ3) is 7.32. The van der Waals surface area contributed by atoms with Gasteiger partial charge in [-0.05, 0) is 50.5 Å². The van der Waals surface area contributed by atoms with E-state index in [0.29, 0.717) is 37.8 Å². The van der Waals surface area contributed by atoms with Gasteiger partial charge in [-0.25, -0.2) is 0 Å². The van der Waals surface area contributed by atoms with Crippen molar-refractivity contribution < 1.29 is 27.6 Å². The van der Waals surface area contributed by atoms with E-state index in [1.54, 1.807) is 6.07 Å². The third-order valence-electron chi connectivity index (χ3n) is 4.64. The van der Waals surface area contributed by atoms with Crippen molar-refractivity contribution in [2.45, 2.75) is 46.1 Å². The van der Waals surface area contributed by atoms with Crippen LogP contribution in [0.15, 0.2) is 42.5 Å². The number of esters is 1. The molecule has 0 aromatic heterocycles. The summed E-state index contributed by atoms with van der Waals surface area (Å²) in [5, 5.41) is 2.05. The zero-order valence-corrected chi connectivity index (χ0v) is 19.1. The van der Waals surface area contributed by atoms with Crippen molar-refractivity contribution in [2.75, 3.05) is 26.4 Å². The summed E-state index contributed by atoms with van der Waals surface area (Å²) in [6.45, 7) is 7.12. The summed E-state index contributed by atoms with van der Waals surface area (Å²) in [5.41, 5.74) is 0.544. The molecule has 0 atom stereocenters. The van der Waals surface area contributed by atoms with E-state index in [4.69, 9.17) is 18.0 Å². The molecule has 7 heteroatoms. The van der Waals surface area contributed by atoms with E-state index in [1.807, 2.05) is 57.2 Å². The molecule has 0 aliphatic carbocycles. The normalized spacial score (nSPS) is 11.6. The average Bonchev–Trinajstić information content (AvgIpc) is 2.75. The molecule has 0 fully saturated rings. The molecule has 0 heterocycles. The number of ether oxygens (including phenoxy) is 1. The Kier molecular flexibility index (Phi) is 10.2. The highest BCUT2D eigenvalue weighted by Gasteiger charge is 2.39. The standard InChI is InChI=1S/C23H32O6Si/c1-4-27-30(28-5-2,29-6-3)16-10-9-13-23(25)26-18-22(24)21-15-14-19-11-7-8-12-20(19)17-21/h7-8,11-12,14-15,17H,4-6,9-10,13,16,18H2,1-3H3. The molecule has 0 spiro atoms. The lowest BCUT2D eigenvalue weighted by molar-refractivity contribution is -0.142. The van der Waals surface area contributed by atoms with Gasteiger partial charge in [-0.15, -0.1) is 0 Å². The van der Waals surface area contributed by atoms with Crippen molar-refractivity contribution in [3.05, 3.63) is 48.0 Å². The topological polar surface area (TPSA) is 71.1 Å². The van der Waals surface area contributed by atoms with Gasteiger partial charge in [0.2, 0.25) is 0 Å². The predicted molar refractivity (Wildman–Crippen MR) is 119 cm³/mol. The largest absolute Gasteiger partial charge is 0.500 e. The molecular weight excluding hydrogens is 400 g/mol. The van der Waals surface area contributed by atoms with Crippen LogP contribution in [0, 0.1) is 0 Å². The highest BCUT2D eigenvalue weighted by atomic mass is 28.4. The first kappa shape index (κ1) is 24.2. The van der Waals surface area contributed by atoms with Gasteiger partial charge in [-0.2, -0.15) is 0 Å². The van der Waals surface area contributed by atoms with Crippen LogP contribution in [-0.2, 0) is 22.8 Å². The van der Waals surface area contributed by atoms with Gasteiger partial charge in [0.05, 0.1) is 0 Å². The van der Waals surface area contributed by atoms with Crippen LogP contribution in [0.5, 0.6) is 0 Å². The zero-order valence-electron chi connectivity index (χ0n) is 18.1. The molecule has 0 radical (unpaired) electrons. The molecule has 0 aliphatic heterocycles. The summed E-state index contributed by atoms with van der Waals surface area (Å²) < 4.78 is 22.6. The number of ketones is 1. The lowest BCUT2D eigenvalue weighted by Gasteiger charge is -2.28. The molecule has 164 valence electrons. The summed E-state index contributed by atoms with van der Waals surface area (Å²) in [6, 6.07) is 14.0. The molecule has 2 aromatic rings. The first-order valence-electron chi connectivity index (χ1n) is 10.6. The van der Waals surface area contributed by atoms with Gasteiger partial charge in [0.1, 0.15) is 0 Å². The maximum absolute atomic E-state index is 12.3. The molecule has 2 aromatic carbocycles. The van der Waals surface area contributed by atoms with E-state index < -0.39 is 8.80 Å². The van der Waals surface area contributed by atoms with Crippen LogP contribution in [0.25, 0.3) is 10.8 Å². The Hall–Kier alpha value is -2.06. The zero-order chi connectivity index (χ0) is 21.8. The number of carbonyl (C=O) groups is 2. The lowest BCUT2D eigenvalue weighted by atomic mass is 10.0. The average molecular weight is 433 g/mol. The van der Waals surface area contributed by atoms with Crippen LogP contribution in [0.3, 0.4) is 0 Å². The maximum Gasteiger partial charge on any atom is 0.500 e. The number of hydrogen-bond donors (Lipinski definition) is 0. The summed E-state index contributed by atoms with van der Waals surface area (Å²) in [6.07, 6.45) is 1.62. The van der Waals surface area contributed by atoms with Crippen LogP contribution in [0.2, 0.25) is 6.04 Å². The van der Waals surface area contributed by atoms with Crippen LogP contribution in [0.1, 0.15) is 50.4 Å². The number of unbranched alkanes of at least 4 members (excludes halogenated alkanes) is 1. The second kappa shape index (κ2) is 12.6. The fraction of sp³-hybridized carbons (Fsp3) is 0.478. The number of fused-ring (bicyclic) bond motifs is 1. The highest BCUT2D eigenvalue weighted by molar-refractivity contribution is 6.60. The van der Waals surface area contributed by atoms with E-state index in [9.17, 15) is 9.59 Å². The molecule has 0 amide bonds. The van der Waals surface area contributed by atoms with Gasteiger partial charge in [0.15, 0.2) is 12.4 Å². The predicted octanol–water partition coefficient (Wildman–Crippen LogP) is 4.78. The van der Waals surface area contributed by atoms with E-state index in [-0.39, 0.29) is 24.8 Å². The van der Waals surface area contributed by atoms with Gasteiger partial charge >= 0.3 is 14.8 Å². The summed E-state index contributed by atoms with van der Waals surface area (Å²) in [4.78, 5) is 24.4. The van der Waals surface area contributed by atoms with Crippen molar-refractivity contribution in [3.8, 4) is 0 Å². The van der Waals surface area contributed by atoms with E-state index >= 15 is 0 Å². The monoisotopic (exact) mass is 432 g/mol. The van der Waals surface area contributed by atoms with Crippen LogP contribution in [-0.4, -0.2) is 47.0 Å². The van der Waals surface area contributed by atoms with Crippen LogP contribution >= 0.6 is 0 Å². The summed E-state index contributed by atoms with van der Waals surface area (Å²) in [7, 11) is -2.68. The van der Waals surface area contributed by atoms with E-state index in [2.05, 4.69) is 0 Å². The molecule has 0 N–H and O–H groups in total. The van der Waals surface area contributed by atoms with Crippen molar-refractivity contribution in [1.29, 1.82) is 0 Å². The van der Waals surface area contributed by atoms with Crippen LogP contribution < -0.4 is 0 Å². The minimum absolute atomic E-state index is 0.204. The second-order valence-corrected chi connectivity index (χ2v) is 9.57. The first-order chi connectivity index (χ1) is 14.5. The number of hydrogen-bond acceptors (Lipinski definition) is 6. The summed E-state index contributed by atoms with van der Waals surface area (Å²) in [5.74, 6) is -0.579. The fourth-order valence-corrected chi connectivity index (χ4v) is 5.96. The van der Waals surface area contributed by atoms with Crippen molar-refractivity contribution in [2.24, 2.45) is 0 Å². The Morgan fingerprint density at radius 2 is 1.47 bits per heavy atom. The molecule has 2 rings (SSSR count).